The lowest BCUT2D eigenvalue weighted by Gasteiger charge is -2.30. The largest absolute Gasteiger partial charge is 0.293 e. The molecule has 0 heterocycles. The number of carbonyl (C=O) groups is 1. The van der Waals surface area contributed by atoms with Crippen LogP contribution in [0.15, 0.2) is 66.7 Å². The second-order valence-corrected chi connectivity index (χ2v) is 5.65. The van der Waals surface area contributed by atoms with Gasteiger partial charge in [-0.25, -0.2) is 0 Å². The van der Waals surface area contributed by atoms with Crippen LogP contribution >= 0.6 is 0 Å². The molecule has 0 fully saturated rings. The summed E-state index contributed by atoms with van der Waals surface area (Å²) in [4.78, 5) is 13.1. The molecule has 0 saturated heterocycles. The third-order valence-electron chi connectivity index (χ3n) is 4.59. The van der Waals surface area contributed by atoms with Crippen LogP contribution in [0.2, 0.25) is 0 Å². The molecular formula is C20H20O. The van der Waals surface area contributed by atoms with Crippen molar-refractivity contribution in [1.29, 1.82) is 0 Å². The highest BCUT2D eigenvalue weighted by molar-refractivity contribution is 6.08. The first kappa shape index (κ1) is 13.8. The maximum Gasteiger partial charge on any atom is 0.173 e. The highest BCUT2D eigenvalue weighted by Crippen LogP contribution is 2.49. The van der Waals surface area contributed by atoms with Crippen molar-refractivity contribution in [3.8, 4) is 0 Å². The number of carbonyl (C=O) groups excluding carboxylic acids is 1. The second-order valence-electron chi connectivity index (χ2n) is 5.65. The molecule has 0 spiro atoms. The van der Waals surface area contributed by atoms with Gasteiger partial charge >= 0.3 is 0 Å². The Balaban J connectivity index is 2.04. The van der Waals surface area contributed by atoms with E-state index in [2.05, 4.69) is 25.1 Å². The van der Waals surface area contributed by atoms with Gasteiger partial charge in [-0.2, -0.15) is 0 Å². The van der Waals surface area contributed by atoms with Crippen molar-refractivity contribution in [2.75, 3.05) is 0 Å². The van der Waals surface area contributed by atoms with E-state index in [1.54, 1.807) is 0 Å². The van der Waals surface area contributed by atoms with Crippen LogP contribution in [-0.2, 0) is 0 Å². The van der Waals surface area contributed by atoms with Crippen LogP contribution in [0.1, 0.15) is 42.1 Å². The van der Waals surface area contributed by atoms with Gasteiger partial charge in [-0.1, -0.05) is 73.7 Å². The van der Waals surface area contributed by atoms with Gasteiger partial charge in [-0.05, 0) is 30.4 Å². The normalized spacial score (nSPS) is 21.1. The van der Waals surface area contributed by atoms with Crippen molar-refractivity contribution in [3.05, 3.63) is 77.9 Å². The van der Waals surface area contributed by atoms with Gasteiger partial charge in [0.15, 0.2) is 5.78 Å². The third-order valence-corrected chi connectivity index (χ3v) is 4.59. The summed E-state index contributed by atoms with van der Waals surface area (Å²) in [6, 6.07) is 20.0. The summed E-state index contributed by atoms with van der Waals surface area (Å²) < 4.78 is 0. The smallest absolute Gasteiger partial charge is 0.173 e. The summed E-state index contributed by atoms with van der Waals surface area (Å²) in [6.07, 6.45) is 5.00. The first-order chi connectivity index (χ1) is 10.3. The molecule has 1 atom stereocenters. The molecule has 3 rings (SSSR count). The molecule has 0 amide bonds. The Morgan fingerprint density at radius 1 is 1.00 bits per heavy atom. The molecule has 1 heteroatoms. The average molecular weight is 276 g/mol. The molecule has 2 aromatic rings. The van der Waals surface area contributed by atoms with E-state index < -0.39 is 0 Å². The van der Waals surface area contributed by atoms with Crippen LogP contribution in [0.25, 0.3) is 5.57 Å². The minimum absolute atomic E-state index is 0.262. The molecule has 0 aromatic heterocycles. The molecule has 0 unspecified atom stereocenters. The standard InChI is InChI=1S/C20H20O/c1-2-20(19(21)17-12-7-4-8-13-17)15-9-14-18(20)16-10-5-3-6-11-16/h3-8,10-14H,2,9,15H2,1H3/t20-/m1/s1. The van der Waals surface area contributed by atoms with E-state index in [4.69, 9.17) is 0 Å². The molecule has 0 bridgehead atoms. The lowest BCUT2D eigenvalue weighted by molar-refractivity contribution is 0.0855. The molecule has 0 aliphatic heterocycles. The number of Topliss-reactive ketones (excluding diaryl/α,β-unsaturated/α-hetero) is 1. The van der Waals surface area contributed by atoms with E-state index in [1.807, 2.05) is 48.5 Å². The number of hydrogen-bond donors (Lipinski definition) is 0. The fourth-order valence-corrected chi connectivity index (χ4v) is 3.43. The molecule has 2 aromatic carbocycles. The van der Waals surface area contributed by atoms with Crippen LogP contribution in [0.5, 0.6) is 0 Å². The first-order valence-electron chi connectivity index (χ1n) is 7.64. The van der Waals surface area contributed by atoms with Crippen LogP contribution in [-0.4, -0.2) is 5.78 Å². The summed E-state index contributed by atoms with van der Waals surface area (Å²) in [5.41, 5.74) is 2.85. The van der Waals surface area contributed by atoms with Gasteiger partial charge in [-0.3, -0.25) is 4.79 Å². The third kappa shape index (κ3) is 2.33. The van der Waals surface area contributed by atoms with E-state index in [1.165, 1.54) is 11.1 Å². The summed E-state index contributed by atoms with van der Waals surface area (Å²) in [6.45, 7) is 2.13. The second kappa shape index (κ2) is 5.69. The summed E-state index contributed by atoms with van der Waals surface area (Å²) in [5.74, 6) is 0.262. The van der Waals surface area contributed by atoms with E-state index in [9.17, 15) is 4.79 Å². The number of hydrogen-bond acceptors (Lipinski definition) is 1. The Morgan fingerprint density at radius 2 is 1.62 bits per heavy atom. The van der Waals surface area contributed by atoms with Gasteiger partial charge < -0.3 is 0 Å². The molecule has 0 N–H and O–H groups in total. The van der Waals surface area contributed by atoms with Gasteiger partial charge in [0, 0.05) is 5.56 Å². The molecule has 1 aliphatic rings. The van der Waals surface area contributed by atoms with E-state index >= 15 is 0 Å². The Labute approximate surface area is 126 Å². The van der Waals surface area contributed by atoms with Crippen molar-refractivity contribution in [3.63, 3.8) is 0 Å². The quantitative estimate of drug-likeness (QED) is 0.706. The maximum absolute atomic E-state index is 13.1. The van der Waals surface area contributed by atoms with Crippen molar-refractivity contribution < 1.29 is 4.79 Å². The van der Waals surface area contributed by atoms with Crippen molar-refractivity contribution in [1.82, 2.24) is 0 Å². The summed E-state index contributed by atoms with van der Waals surface area (Å²) in [7, 11) is 0. The van der Waals surface area contributed by atoms with Gasteiger partial charge in [0.05, 0.1) is 5.41 Å². The molecule has 21 heavy (non-hydrogen) atoms. The zero-order valence-electron chi connectivity index (χ0n) is 12.4. The maximum atomic E-state index is 13.1. The van der Waals surface area contributed by atoms with Crippen molar-refractivity contribution >= 4 is 11.4 Å². The lowest BCUT2D eigenvalue weighted by atomic mass is 9.71. The number of benzene rings is 2. The summed E-state index contributed by atoms with van der Waals surface area (Å²) in [5, 5.41) is 0. The topological polar surface area (TPSA) is 17.1 Å². The number of ketones is 1. The van der Waals surface area contributed by atoms with Gasteiger partial charge in [0.1, 0.15) is 0 Å². The van der Waals surface area contributed by atoms with Gasteiger partial charge in [0.25, 0.3) is 0 Å². The molecule has 1 nitrogen and oxygen atoms in total. The first-order valence-corrected chi connectivity index (χ1v) is 7.64. The zero-order chi connectivity index (χ0) is 14.7. The number of rotatable bonds is 4. The lowest BCUT2D eigenvalue weighted by Crippen LogP contribution is -2.29. The highest BCUT2D eigenvalue weighted by Gasteiger charge is 2.43. The Kier molecular flexibility index (Phi) is 3.74. The van der Waals surface area contributed by atoms with E-state index in [0.29, 0.717) is 0 Å². The van der Waals surface area contributed by atoms with Gasteiger partial charge in [0.2, 0.25) is 0 Å². The van der Waals surface area contributed by atoms with E-state index in [0.717, 1.165) is 24.8 Å². The predicted octanol–water partition coefficient (Wildman–Crippen LogP) is 5.14. The highest BCUT2D eigenvalue weighted by atomic mass is 16.1. The zero-order valence-corrected chi connectivity index (χ0v) is 12.4. The Hall–Kier alpha value is -2.15. The molecule has 1 aliphatic carbocycles. The van der Waals surface area contributed by atoms with Crippen LogP contribution in [0, 0.1) is 5.41 Å². The average Bonchev–Trinajstić information content (AvgIpc) is 3.01. The predicted molar refractivity (Wildman–Crippen MR) is 87.1 cm³/mol. The Bertz CT molecular complexity index is 655. The molecule has 0 radical (unpaired) electrons. The fourth-order valence-electron chi connectivity index (χ4n) is 3.43. The van der Waals surface area contributed by atoms with Crippen molar-refractivity contribution in [2.24, 2.45) is 5.41 Å². The van der Waals surface area contributed by atoms with Crippen molar-refractivity contribution in [2.45, 2.75) is 26.2 Å². The minimum Gasteiger partial charge on any atom is -0.293 e. The van der Waals surface area contributed by atoms with Crippen LogP contribution in [0.4, 0.5) is 0 Å². The van der Waals surface area contributed by atoms with Crippen LogP contribution < -0.4 is 0 Å². The summed E-state index contributed by atoms with van der Waals surface area (Å²) >= 11 is 0. The molecule has 0 saturated carbocycles. The molecular weight excluding hydrogens is 256 g/mol. The number of allylic oxidation sites excluding steroid dienone is 2. The van der Waals surface area contributed by atoms with Crippen LogP contribution in [0.3, 0.4) is 0 Å². The SMILES string of the molecule is CC[C@@]1(C(=O)c2ccccc2)CCC=C1c1ccccc1. The fraction of sp³-hybridized carbons (Fsp3) is 0.250. The monoisotopic (exact) mass is 276 g/mol. The van der Waals surface area contributed by atoms with E-state index in [-0.39, 0.29) is 11.2 Å². The van der Waals surface area contributed by atoms with Gasteiger partial charge in [-0.15, -0.1) is 0 Å². The Morgan fingerprint density at radius 3 is 2.24 bits per heavy atom. The molecule has 106 valence electrons. The minimum atomic E-state index is -0.358.